The van der Waals surface area contributed by atoms with Gasteiger partial charge < -0.3 is 20.3 Å². The van der Waals surface area contributed by atoms with Crippen LogP contribution in [0.4, 0.5) is 5.13 Å². The Labute approximate surface area is 180 Å². The molecule has 1 aliphatic heterocycles. The van der Waals surface area contributed by atoms with Crippen LogP contribution in [0.2, 0.25) is 5.02 Å². The lowest BCUT2D eigenvalue weighted by Crippen LogP contribution is -2.51. The maximum Gasteiger partial charge on any atom is 0.191 e. The second-order valence-corrected chi connectivity index (χ2v) is 7.18. The van der Waals surface area contributed by atoms with Gasteiger partial charge in [-0.1, -0.05) is 17.7 Å². The third-order valence-electron chi connectivity index (χ3n) is 3.94. The molecular formula is C17H23ClIN5OS. The number of thiazole rings is 1. The molecule has 26 heavy (non-hydrogen) atoms. The smallest absolute Gasteiger partial charge is 0.191 e. The zero-order valence-electron chi connectivity index (χ0n) is 14.5. The van der Waals surface area contributed by atoms with Gasteiger partial charge in [0.2, 0.25) is 0 Å². The molecule has 142 valence electrons. The molecule has 0 radical (unpaired) electrons. The topological polar surface area (TPSA) is 67.0 Å². The van der Waals surface area contributed by atoms with E-state index < -0.39 is 0 Å². The Morgan fingerprint density at radius 3 is 2.81 bits per heavy atom. The van der Waals surface area contributed by atoms with E-state index in [1.54, 1.807) is 17.4 Å². The van der Waals surface area contributed by atoms with Crippen molar-refractivity contribution in [1.82, 2.24) is 9.88 Å². The van der Waals surface area contributed by atoms with Gasteiger partial charge in [-0.15, -0.1) is 35.3 Å². The molecule has 0 spiro atoms. The fourth-order valence-electron chi connectivity index (χ4n) is 2.63. The van der Waals surface area contributed by atoms with Crippen LogP contribution < -0.4 is 15.4 Å². The average Bonchev–Trinajstić information content (AvgIpc) is 3.14. The molecule has 0 aliphatic carbocycles. The summed E-state index contributed by atoms with van der Waals surface area (Å²) < 4.78 is 5.82. The van der Waals surface area contributed by atoms with Crippen molar-refractivity contribution in [3.05, 3.63) is 40.9 Å². The van der Waals surface area contributed by atoms with Gasteiger partial charge in [-0.25, -0.2) is 9.98 Å². The molecule has 0 amide bonds. The van der Waals surface area contributed by atoms with Gasteiger partial charge in [-0.3, -0.25) is 0 Å². The van der Waals surface area contributed by atoms with Crippen LogP contribution in [0.15, 0.2) is 40.8 Å². The maximum absolute atomic E-state index is 6.15. The Bertz CT molecular complexity index is 707. The van der Waals surface area contributed by atoms with Crippen LogP contribution in [0.1, 0.15) is 6.92 Å². The molecule has 1 aromatic heterocycles. The Balaban J connectivity index is 0.00000243. The SMILES string of the molecule is CC(CN=C(N)N1CCN(c2nccs2)CC1)Oc1cccc(Cl)c1.I. The minimum Gasteiger partial charge on any atom is -0.489 e. The molecule has 1 atom stereocenters. The molecule has 1 fully saturated rings. The summed E-state index contributed by atoms with van der Waals surface area (Å²) in [6, 6.07) is 7.36. The number of nitrogens with two attached hydrogens (primary N) is 1. The lowest BCUT2D eigenvalue weighted by Gasteiger charge is -2.35. The summed E-state index contributed by atoms with van der Waals surface area (Å²) in [4.78, 5) is 13.2. The van der Waals surface area contributed by atoms with Crippen LogP contribution in [-0.2, 0) is 0 Å². The molecule has 6 nitrogen and oxygen atoms in total. The molecule has 3 rings (SSSR count). The number of aliphatic imine (C=N–C) groups is 1. The second kappa shape index (κ2) is 10.2. The summed E-state index contributed by atoms with van der Waals surface area (Å²) >= 11 is 7.63. The maximum atomic E-state index is 6.15. The van der Waals surface area contributed by atoms with Gasteiger partial charge in [0.25, 0.3) is 0 Å². The number of piperazine rings is 1. The number of halogens is 2. The monoisotopic (exact) mass is 507 g/mol. The zero-order valence-corrected chi connectivity index (χ0v) is 18.4. The summed E-state index contributed by atoms with van der Waals surface area (Å²) in [6.07, 6.45) is 1.76. The van der Waals surface area contributed by atoms with E-state index in [9.17, 15) is 0 Å². The van der Waals surface area contributed by atoms with Crippen molar-refractivity contribution in [3.8, 4) is 5.75 Å². The number of rotatable bonds is 5. The van der Waals surface area contributed by atoms with Gasteiger partial charge in [0, 0.05) is 42.8 Å². The second-order valence-electron chi connectivity index (χ2n) is 5.87. The molecule has 1 aliphatic rings. The number of hydrogen-bond donors (Lipinski definition) is 1. The van der Waals surface area contributed by atoms with Crippen molar-refractivity contribution < 1.29 is 4.74 Å². The van der Waals surface area contributed by atoms with Crippen LogP contribution in [0, 0.1) is 0 Å². The molecule has 9 heteroatoms. The van der Waals surface area contributed by atoms with E-state index in [4.69, 9.17) is 22.1 Å². The normalized spacial score (nSPS) is 16.2. The first-order chi connectivity index (χ1) is 12.1. The molecule has 0 bridgehead atoms. The number of aromatic nitrogens is 1. The lowest BCUT2D eigenvalue weighted by atomic mass is 10.3. The van der Waals surface area contributed by atoms with Crippen molar-refractivity contribution in [3.63, 3.8) is 0 Å². The van der Waals surface area contributed by atoms with Crippen LogP contribution in [0.5, 0.6) is 5.75 Å². The molecular weight excluding hydrogens is 485 g/mol. The first-order valence-corrected chi connectivity index (χ1v) is 9.49. The summed E-state index contributed by atoms with van der Waals surface area (Å²) in [5.41, 5.74) is 6.15. The Hall–Kier alpha value is -1.26. The van der Waals surface area contributed by atoms with Crippen LogP contribution in [-0.4, -0.2) is 54.7 Å². The van der Waals surface area contributed by atoms with Crippen molar-refractivity contribution in [2.75, 3.05) is 37.6 Å². The Kier molecular flexibility index (Phi) is 8.23. The quantitative estimate of drug-likeness (QED) is 0.382. The molecule has 2 N–H and O–H groups in total. The first kappa shape index (κ1) is 21.0. The van der Waals surface area contributed by atoms with Gasteiger partial charge in [-0.05, 0) is 25.1 Å². The summed E-state index contributed by atoms with van der Waals surface area (Å²) in [5, 5.41) is 3.73. The van der Waals surface area contributed by atoms with Crippen molar-refractivity contribution in [2.24, 2.45) is 10.7 Å². The van der Waals surface area contributed by atoms with Crippen LogP contribution in [0.3, 0.4) is 0 Å². The predicted octanol–water partition coefficient (Wildman–Crippen LogP) is 3.32. The highest BCUT2D eigenvalue weighted by Crippen LogP contribution is 2.19. The summed E-state index contributed by atoms with van der Waals surface area (Å²) in [6.45, 7) is 5.97. The molecule has 2 aromatic rings. The van der Waals surface area contributed by atoms with Crippen molar-refractivity contribution in [2.45, 2.75) is 13.0 Å². The number of ether oxygens (including phenoxy) is 1. The molecule has 0 saturated carbocycles. The highest BCUT2D eigenvalue weighted by Gasteiger charge is 2.20. The molecule has 2 heterocycles. The first-order valence-electron chi connectivity index (χ1n) is 8.23. The standard InChI is InChI=1S/C17H22ClN5OS.HI/c1-13(24-15-4-2-3-14(18)11-15)12-21-16(19)22-6-8-23(9-7-22)17-20-5-10-25-17;/h2-5,10-11,13H,6-9,12H2,1H3,(H2,19,21);1H. The number of guanidine groups is 1. The zero-order chi connectivity index (χ0) is 17.6. The third kappa shape index (κ3) is 5.88. The Morgan fingerprint density at radius 1 is 1.38 bits per heavy atom. The largest absolute Gasteiger partial charge is 0.489 e. The minimum atomic E-state index is -0.0753. The molecule has 1 saturated heterocycles. The van der Waals surface area contributed by atoms with E-state index in [-0.39, 0.29) is 30.1 Å². The van der Waals surface area contributed by atoms with E-state index in [0.29, 0.717) is 17.5 Å². The van der Waals surface area contributed by atoms with E-state index in [1.807, 2.05) is 36.7 Å². The van der Waals surface area contributed by atoms with Gasteiger partial charge >= 0.3 is 0 Å². The average molecular weight is 508 g/mol. The third-order valence-corrected chi connectivity index (χ3v) is 5.00. The highest BCUT2D eigenvalue weighted by atomic mass is 127. The van der Waals surface area contributed by atoms with Gasteiger partial charge in [0.1, 0.15) is 11.9 Å². The van der Waals surface area contributed by atoms with Crippen molar-refractivity contribution >= 4 is 58.0 Å². The fourth-order valence-corrected chi connectivity index (χ4v) is 3.51. The van der Waals surface area contributed by atoms with E-state index in [1.165, 1.54) is 0 Å². The minimum absolute atomic E-state index is 0. The van der Waals surface area contributed by atoms with E-state index in [0.717, 1.165) is 37.1 Å². The summed E-state index contributed by atoms with van der Waals surface area (Å²) in [5.74, 6) is 1.31. The van der Waals surface area contributed by atoms with Crippen molar-refractivity contribution in [1.29, 1.82) is 0 Å². The van der Waals surface area contributed by atoms with Gasteiger partial charge in [-0.2, -0.15) is 0 Å². The number of anilines is 1. The van der Waals surface area contributed by atoms with Gasteiger partial charge in [0.05, 0.1) is 6.54 Å². The number of benzene rings is 1. The molecule has 1 unspecified atom stereocenters. The predicted molar refractivity (Wildman–Crippen MR) is 119 cm³/mol. The lowest BCUT2D eigenvalue weighted by molar-refractivity contribution is 0.229. The van der Waals surface area contributed by atoms with Crippen LogP contribution in [0.25, 0.3) is 0 Å². The Morgan fingerprint density at radius 2 is 2.15 bits per heavy atom. The van der Waals surface area contributed by atoms with E-state index in [2.05, 4.69) is 19.8 Å². The number of nitrogens with zero attached hydrogens (tertiary/aromatic N) is 4. The summed E-state index contributed by atoms with van der Waals surface area (Å²) in [7, 11) is 0. The molecule has 1 aromatic carbocycles. The highest BCUT2D eigenvalue weighted by molar-refractivity contribution is 14.0. The van der Waals surface area contributed by atoms with Crippen LogP contribution >= 0.6 is 46.9 Å². The fraction of sp³-hybridized carbons (Fsp3) is 0.412. The van der Waals surface area contributed by atoms with E-state index >= 15 is 0 Å². The van der Waals surface area contributed by atoms with Gasteiger partial charge in [0.15, 0.2) is 11.1 Å². The number of hydrogen-bond acceptors (Lipinski definition) is 5.